The number of hydrogen-bond donors (Lipinski definition) is 2. The van der Waals surface area contributed by atoms with Crippen LogP contribution in [-0.2, 0) is 9.53 Å². The van der Waals surface area contributed by atoms with E-state index in [-0.39, 0.29) is 18.4 Å². The molecule has 34 heavy (non-hydrogen) atoms. The number of hydrogen-bond acceptors (Lipinski definition) is 6. The van der Waals surface area contributed by atoms with E-state index in [0.717, 1.165) is 5.56 Å². The number of nitrogens with one attached hydrogen (secondary N) is 2. The highest BCUT2D eigenvalue weighted by Gasteiger charge is 2.11. The van der Waals surface area contributed by atoms with Gasteiger partial charge in [0.1, 0.15) is 11.5 Å². The molecule has 0 heterocycles. The molecule has 2 amide bonds. The molecule has 0 bridgehead atoms. The number of carbonyl (C=O) groups is 3. The van der Waals surface area contributed by atoms with Crippen molar-refractivity contribution in [3.05, 3.63) is 83.4 Å². The third-order valence-electron chi connectivity index (χ3n) is 4.77. The van der Waals surface area contributed by atoms with Crippen molar-refractivity contribution in [1.82, 2.24) is 0 Å². The second-order valence-electron chi connectivity index (χ2n) is 7.32. The molecular formula is C26H26N2O6. The molecule has 8 heteroatoms. The van der Waals surface area contributed by atoms with E-state index in [1.807, 2.05) is 19.1 Å². The van der Waals surface area contributed by atoms with Crippen molar-refractivity contribution >= 4 is 29.2 Å². The lowest BCUT2D eigenvalue weighted by molar-refractivity contribution is -0.118. The van der Waals surface area contributed by atoms with Gasteiger partial charge in [-0.3, -0.25) is 9.59 Å². The highest BCUT2D eigenvalue weighted by atomic mass is 16.5. The average Bonchev–Trinajstić information content (AvgIpc) is 2.84. The second-order valence-corrected chi connectivity index (χ2v) is 7.32. The van der Waals surface area contributed by atoms with Crippen LogP contribution in [-0.4, -0.2) is 38.1 Å². The van der Waals surface area contributed by atoms with Gasteiger partial charge in [-0.1, -0.05) is 6.07 Å². The summed E-state index contributed by atoms with van der Waals surface area (Å²) in [5.74, 6) is -0.0616. The molecule has 3 aromatic rings. The molecule has 0 radical (unpaired) electrons. The van der Waals surface area contributed by atoms with E-state index in [9.17, 15) is 14.4 Å². The number of aryl methyl sites for hydroxylation is 1. The van der Waals surface area contributed by atoms with Gasteiger partial charge in [0.25, 0.3) is 11.8 Å². The van der Waals surface area contributed by atoms with E-state index < -0.39 is 5.97 Å². The molecule has 3 rings (SSSR count). The highest BCUT2D eigenvalue weighted by Crippen LogP contribution is 2.26. The average molecular weight is 463 g/mol. The van der Waals surface area contributed by atoms with Crippen LogP contribution in [0.3, 0.4) is 0 Å². The molecule has 0 spiro atoms. The molecule has 0 atom stereocenters. The van der Waals surface area contributed by atoms with Gasteiger partial charge in [-0.05, 0) is 80.1 Å². The van der Waals surface area contributed by atoms with Gasteiger partial charge in [0.15, 0.2) is 6.61 Å². The summed E-state index contributed by atoms with van der Waals surface area (Å²) >= 11 is 0. The van der Waals surface area contributed by atoms with Crippen LogP contribution in [0.1, 0.15) is 33.2 Å². The number of amides is 2. The van der Waals surface area contributed by atoms with Gasteiger partial charge in [0, 0.05) is 11.3 Å². The quantitative estimate of drug-likeness (QED) is 0.456. The zero-order valence-corrected chi connectivity index (χ0v) is 19.2. The van der Waals surface area contributed by atoms with Crippen molar-refractivity contribution in [3.8, 4) is 11.5 Å². The Morgan fingerprint density at radius 1 is 0.853 bits per heavy atom. The monoisotopic (exact) mass is 462 g/mol. The van der Waals surface area contributed by atoms with Gasteiger partial charge in [-0.25, -0.2) is 4.79 Å². The fourth-order valence-electron chi connectivity index (χ4n) is 3.07. The van der Waals surface area contributed by atoms with Gasteiger partial charge in [-0.15, -0.1) is 0 Å². The van der Waals surface area contributed by atoms with Crippen LogP contribution in [0.15, 0.2) is 66.7 Å². The van der Waals surface area contributed by atoms with Crippen LogP contribution in [0.5, 0.6) is 11.5 Å². The molecule has 0 aromatic heterocycles. The Balaban J connectivity index is 1.51. The largest absolute Gasteiger partial charge is 0.495 e. The van der Waals surface area contributed by atoms with Crippen molar-refractivity contribution in [3.63, 3.8) is 0 Å². The first-order valence-corrected chi connectivity index (χ1v) is 10.7. The lowest BCUT2D eigenvalue weighted by Crippen LogP contribution is -2.20. The number of esters is 1. The summed E-state index contributed by atoms with van der Waals surface area (Å²) in [5, 5.41) is 5.53. The van der Waals surface area contributed by atoms with Crippen molar-refractivity contribution < 1.29 is 28.6 Å². The third kappa shape index (κ3) is 6.59. The Bertz CT molecular complexity index is 1160. The second kappa shape index (κ2) is 11.5. The van der Waals surface area contributed by atoms with Crippen molar-refractivity contribution in [2.75, 3.05) is 31.0 Å². The minimum Gasteiger partial charge on any atom is -0.495 e. The van der Waals surface area contributed by atoms with Crippen LogP contribution in [0.2, 0.25) is 0 Å². The van der Waals surface area contributed by atoms with Crippen LogP contribution in [0, 0.1) is 6.92 Å². The summed E-state index contributed by atoms with van der Waals surface area (Å²) in [6, 6.07) is 18.3. The van der Waals surface area contributed by atoms with E-state index in [0.29, 0.717) is 40.6 Å². The summed E-state index contributed by atoms with van der Waals surface area (Å²) in [6.07, 6.45) is 0. The number of methoxy groups -OCH3 is 1. The predicted octanol–water partition coefficient (Wildman–Crippen LogP) is 4.45. The van der Waals surface area contributed by atoms with Gasteiger partial charge in [0.05, 0.1) is 25.0 Å². The number of benzene rings is 3. The molecule has 0 fully saturated rings. The highest BCUT2D eigenvalue weighted by molar-refractivity contribution is 6.05. The number of ether oxygens (including phenoxy) is 3. The Morgan fingerprint density at radius 3 is 2.18 bits per heavy atom. The molecule has 2 N–H and O–H groups in total. The maximum atomic E-state index is 12.6. The van der Waals surface area contributed by atoms with Crippen molar-refractivity contribution in [2.24, 2.45) is 0 Å². The minimum atomic E-state index is -0.418. The molecule has 176 valence electrons. The van der Waals surface area contributed by atoms with Crippen molar-refractivity contribution in [1.29, 1.82) is 0 Å². The number of carbonyl (C=O) groups excluding carboxylic acids is 3. The standard InChI is InChI=1S/C26H26N2O6/c1-4-33-26(31)19-6-10-20(11-7-19)27-24(29)16-34-21-12-8-18(9-13-21)25(30)28-22-15-17(2)5-14-23(22)32-3/h5-15H,4,16H2,1-3H3,(H,27,29)(H,28,30). The van der Waals surface area contributed by atoms with Gasteiger partial charge >= 0.3 is 5.97 Å². The number of rotatable bonds is 9. The smallest absolute Gasteiger partial charge is 0.338 e. The summed E-state index contributed by atoms with van der Waals surface area (Å²) in [5.41, 5.74) is 2.94. The lowest BCUT2D eigenvalue weighted by Gasteiger charge is -2.12. The van der Waals surface area contributed by atoms with E-state index >= 15 is 0 Å². The zero-order valence-electron chi connectivity index (χ0n) is 19.2. The molecule has 8 nitrogen and oxygen atoms in total. The number of anilines is 2. The van der Waals surface area contributed by atoms with E-state index in [1.54, 1.807) is 68.6 Å². The summed E-state index contributed by atoms with van der Waals surface area (Å²) in [6.45, 7) is 3.74. The predicted molar refractivity (Wildman–Crippen MR) is 129 cm³/mol. The molecule has 0 unspecified atom stereocenters. The molecule has 0 saturated carbocycles. The fraction of sp³-hybridized carbons (Fsp3) is 0.192. The van der Waals surface area contributed by atoms with Gasteiger partial charge < -0.3 is 24.8 Å². The van der Waals surface area contributed by atoms with Gasteiger partial charge in [0.2, 0.25) is 0 Å². The normalized spacial score (nSPS) is 10.2. The Hall–Kier alpha value is -4.33. The fourth-order valence-corrected chi connectivity index (χ4v) is 3.07. The van der Waals surface area contributed by atoms with E-state index in [2.05, 4.69) is 10.6 Å². The first kappa shape index (κ1) is 24.3. The molecular weight excluding hydrogens is 436 g/mol. The molecule has 0 aliphatic carbocycles. The Kier molecular flexibility index (Phi) is 8.23. The summed E-state index contributed by atoms with van der Waals surface area (Å²) in [7, 11) is 1.54. The molecule has 0 aliphatic rings. The van der Waals surface area contributed by atoms with Crippen LogP contribution in [0.4, 0.5) is 11.4 Å². The first-order valence-electron chi connectivity index (χ1n) is 10.7. The lowest BCUT2D eigenvalue weighted by atomic mass is 10.1. The molecule has 0 saturated heterocycles. The van der Waals surface area contributed by atoms with Crippen LogP contribution >= 0.6 is 0 Å². The van der Waals surface area contributed by atoms with Crippen LogP contribution in [0.25, 0.3) is 0 Å². The third-order valence-corrected chi connectivity index (χ3v) is 4.77. The van der Waals surface area contributed by atoms with Crippen molar-refractivity contribution in [2.45, 2.75) is 13.8 Å². The topological polar surface area (TPSA) is 103 Å². The van der Waals surface area contributed by atoms with E-state index in [4.69, 9.17) is 14.2 Å². The maximum absolute atomic E-state index is 12.6. The maximum Gasteiger partial charge on any atom is 0.338 e. The summed E-state index contributed by atoms with van der Waals surface area (Å²) < 4.78 is 15.7. The zero-order chi connectivity index (χ0) is 24.5. The molecule has 0 aliphatic heterocycles. The SMILES string of the molecule is CCOC(=O)c1ccc(NC(=O)COc2ccc(C(=O)Nc3cc(C)ccc3OC)cc2)cc1. The Labute approximate surface area is 197 Å². The van der Waals surface area contributed by atoms with Gasteiger partial charge in [-0.2, -0.15) is 0 Å². The first-order chi connectivity index (χ1) is 16.4. The summed E-state index contributed by atoms with van der Waals surface area (Å²) in [4.78, 5) is 36.4. The van der Waals surface area contributed by atoms with E-state index in [1.165, 1.54) is 0 Å². The molecule has 3 aromatic carbocycles. The Morgan fingerprint density at radius 2 is 1.53 bits per heavy atom. The minimum absolute atomic E-state index is 0.217. The van der Waals surface area contributed by atoms with Crippen LogP contribution < -0.4 is 20.1 Å².